The quantitative estimate of drug-likeness (QED) is 0.427. The number of rotatable bonds is 9. The zero-order valence-corrected chi connectivity index (χ0v) is 15.0. The van der Waals surface area contributed by atoms with Gasteiger partial charge in [0.25, 0.3) is 0 Å². The Morgan fingerprint density at radius 3 is 2.88 bits per heavy atom. The molecule has 0 aromatic heterocycles. The molecule has 0 aliphatic carbocycles. The molecule has 1 aromatic rings. The second-order valence-corrected chi connectivity index (χ2v) is 6.23. The molecule has 1 fully saturated rings. The van der Waals surface area contributed by atoms with Crippen molar-refractivity contribution in [1.29, 1.82) is 0 Å². The summed E-state index contributed by atoms with van der Waals surface area (Å²) in [4.78, 5) is 6.77. The standard InChI is InChI=1S/C19H31N3O2/c1-20-19(21-11-6-9-17-7-4-3-5-8-17)22-12-10-18(15-22)16-24-14-13-23-2/h3-5,7-8,18H,6,9-16H2,1-2H3,(H,20,21). The largest absolute Gasteiger partial charge is 0.382 e. The number of guanidine groups is 1. The third-order valence-corrected chi connectivity index (χ3v) is 4.35. The summed E-state index contributed by atoms with van der Waals surface area (Å²) < 4.78 is 10.7. The van der Waals surface area contributed by atoms with Crippen LogP contribution in [0.5, 0.6) is 0 Å². The maximum absolute atomic E-state index is 5.66. The lowest BCUT2D eigenvalue weighted by atomic mass is 10.1. The van der Waals surface area contributed by atoms with E-state index >= 15 is 0 Å². The lowest BCUT2D eigenvalue weighted by molar-refractivity contribution is 0.0536. The van der Waals surface area contributed by atoms with Gasteiger partial charge in [0.15, 0.2) is 5.96 Å². The van der Waals surface area contributed by atoms with E-state index in [1.807, 2.05) is 7.05 Å². The van der Waals surface area contributed by atoms with Crippen LogP contribution in [0.15, 0.2) is 35.3 Å². The minimum atomic E-state index is 0.588. The molecule has 1 aliphatic rings. The molecule has 24 heavy (non-hydrogen) atoms. The Hall–Kier alpha value is -1.59. The van der Waals surface area contributed by atoms with Gasteiger partial charge in [-0.25, -0.2) is 0 Å². The minimum absolute atomic E-state index is 0.588. The molecule has 0 bridgehead atoms. The molecule has 1 heterocycles. The minimum Gasteiger partial charge on any atom is -0.382 e. The van der Waals surface area contributed by atoms with Gasteiger partial charge in [0.2, 0.25) is 0 Å². The van der Waals surface area contributed by atoms with Gasteiger partial charge in [-0.15, -0.1) is 0 Å². The Morgan fingerprint density at radius 2 is 2.12 bits per heavy atom. The molecule has 1 saturated heterocycles. The molecule has 5 heteroatoms. The molecule has 1 atom stereocenters. The number of likely N-dealkylation sites (tertiary alicyclic amines) is 1. The smallest absolute Gasteiger partial charge is 0.193 e. The predicted octanol–water partition coefficient (Wildman–Crippen LogP) is 2.18. The third kappa shape index (κ3) is 6.49. The van der Waals surface area contributed by atoms with E-state index in [0.29, 0.717) is 19.1 Å². The molecule has 0 spiro atoms. The number of hydrogen-bond acceptors (Lipinski definition) is 3. The third-order valence-electron chi connectivity index (χ3n) is 4.35. The summed E-state index contributed by atoms with van der Waals surface area (Å²) in [5.41, 5.74) is 1.39. The highest BCUT2D eigenvalue weighted by Gasteiger charge is 2.24. The van der Waals surface area contributed by atoms with Gasteiger partial charge in [0.1, 0.15) is 0 Å². The normalized spacial score (nSPS) is 18.2. The van der Waals surface area contributed by atoms with Crippen molar-refractivity contribution in [3.8, 4) is 0 Å². The van der Waals surface area contributed by atoms with Gasteiger partial charge >= 0.3 is 0 Å². The van der Waals surface area contributed by atoms with Gasteiger partial charge in [0, 0.05) is 39.7 Å². The van der Waals surface area contributed by atoms with Gasteiger partial charge in [-0.3, -0.25) is 4.99 Å². The van der Waals surface area contributed by atoms with Gasteiger partial charge in [0.05, 0.1) is 19.8 Å². The molecule has 1 unspecified atom stereocenters. The van der Waals surface area contributed by atoms with Crippen LogP contribution >= 0.6 is 0 Å². The highest BCUT2D eigenvalue weighted by Crippen LogP contribution is 2.16. The second kappa shape index (κ2) is 11.0. The number of aliphatic imine (C=N–C) groups is 1. The van der Waals surface area contributed by atoms with E-state index in [1.54, 1.807) is 7.11 Å². The summed E-state index contributed by atoms with van der Waals surface area (Å²) >= 11 is 0. The van der Waals surface area contributed by atoms with Gasteiger partial charge in [-0.2, -0.15) is 0 Å². The van der Waals surface area contributed by atoms with Crippen molar-refractivity contribution in [3.63, 3.8) is 0 Å². The number of nitrogens with zero attached hydrogens (tertiary/aromatic N) is 2. The fraction of sp³-hybridized carbons (Fsp3) is 0.632. The number of methoxy groups -OCH3 is 1. The van der Waals surface area contributed by atoms with Crippen molar-refractivity contribution in [3.05, 3.63) is 35.9 Å². The maximum atomic E-state index is 5.66. The molecular weight excluding hydrogens is 302 g/mol. The Labute approximate surface area is 146 Å². The number of nitrogens with one attached hydrogen (secondary N) is 1. The van der Waals surface area contributed by atoms with E-state index in [1.165, 1.54) is 5.56 Å². The highest BCUT2D eigenvalue weighted by atomic mass is 16.5. The summed E-state index contributed by atoms with van der Waals surface area (Å²) in [6.07, 6.45) is 3.37. The monoisotopic (exact) mass is 333 g/mol. The molecule has 1 aliphatic heterocycles. The Balaban J connectivity index is 1.63. The average Bonchev–Trinajstić information content (AvgIpc) is 3.08. The van der Waals surface area contributed by atoms with Crippen LogP contribution < -0.4 is 5.32 Å². The van der Waals surface area contributed by atoms with Gasteiger partial charge < -0.3 is 19.7 Å². The maximum Gasteiger partial charge on any atom is 0.193 e. The fourth-order valence-corrected chi connectivity index (χ4v) is 3.02. The van der Waals surface area contributed by atoms with Crippen molar-refractivity contribution in [2.75, 3.05) is 53.6 Å². The van der Waals surface area contributed by atoms with E-state index in [4.69, 9.17) is 9.47 Å². The number of benzene rings is 1. The molecule has 5 nitrogen and oxygen atoms in total. The molecule has 1 aromatic carbocycles. The molecular formula is C19H31N3O2. The van der Waals surface area contributed by atoms with Gasteiger partial charge in [-0.05, 0) is 24.8 Å². The SMILES string of the molecule is CN=C(NCCCc1ccccc1)N1CCC(COCCOC)C1. The zero-order valence-electron chi connectivity index (χ0n) is 15.0. The topological polar surface area (TPSA) is 46.1 Å². The van der Waals surface area contributed by atoms with Crippen molar-refractivity contribution < 1.29 is 9.47 Å². The van der Waals surface area contributed by atoms with E-state index in [-0.39, 0.29) is 0 Å². The second-order valence-electron chi connectivity index (χ2n) is 6.23. The molecule has 2 rings (SSSR count). The van der Waals surface area contributed by atoms with E-state index < -0.39 is 0 Å². The summed E-state index contributed by atoms with van der Waals surface area (Å²) in [6.45, 7) is 5.18. The Kier molecular flexibility index (Phi) is 8.63. The van der Waals surface area contributed by atoms with Crippen LogP contribution in [-0.4, -0.2) is 64.5 Å². The van der Waals surface area contributed by atoms with Crippen molar-refractivity contribution in [2.45, 2.75) is 19.3 Å². The molecule has 1 N–H and O–H groups in total. The fourth-order valence-electron chi connectivity index (χ4n) is 3.02. The van der Waals surface area contributed by atoms with Crippen LogP contribution in [0.2, 0.25) is 0 Å². The predicted molar refractivity (Wildman–Crippen MR) is 98.5 cm³/mol. The van der Waals surface area contributed by atoms with Crippen molar-refractivity contribution in [2.24, 2.45) is 10.9 Å². The van der Waals surface area contributed by atoms with Crippen LogP contribution in [0.3, 0.4) is 0 Å². The number of ether oxygens (including phenoxy) is 2. The first-order valence-corrected chi connectivity index (χ1v) is 8.89. The summed E-state index contributed by atoms with van der Waals surface area (Å²) in [7, 11) is 3.57. The van der Waals surface area contributed by atoms with E-state index in [2.05, 4.69) is 45.5 Å². The van der Waals surface area contributed by atoms with Crippen molar-refractivity contribution >= 4 is 5.96 Å². The molecule has 0 amide bonds. The van der Waals surface area contributed by atoms with Crippen LogP contribution in [0.25, 0.3) is 0 Å². The van der Waals surface area contributed by atoms with Crippen LogP contribution in [0, 0.1) is 5.92 Å². The first-order valence-electron chi connectivity index (χ1n) is 8.89. The van der Waals surface area contributed by atoms with E-state index in [9.17, 15) is 0 Å². The van der Waals surface area contributed by atoms with Gasteiger partial charge in [-0.1, -0.05) is 30.3 Å². The highest BCUT2D eigenvalue weighted by molar-refractivity contribution is 5.80. The summed E-state index contributed by atoms with van der Waals surface area (Å²) in [5, 5.41) is 3.49. The van der Waals surface area contributed by atoms with Crippen LogP contribution in [0.1, 0.15) is 18.4 Å². The van der Waals surface area contributed by atoms with Crippen molar-refractivity contribution in [1.82, 2.24) is 10.2 Å². The van der Waals surface area contributed by atoms with E-state index in [0.717, 1.165) is 51.5 Å². The number of aryl methyl sites for hydroxylation is 1. The molecule has 0 saturated carbocycles. The van der Waals surface area contributed by atoms with Crippen LogP contribution in [-0.2, 0) is 15.9 Å². The summed E-state index contributed by atoms with van der Waals surface area (Å²) in [6, 6.07) is 10.6. The number of hydrogen-bond donors (Lipinski definition) is 1. The molecule has 134 valence electrons. The lowest BCUT2D eigenvalue weighted by Crippen LogP contribution is -2.40. The first kappa shape index (κ1) is 18.7. The average molecular weight is 333 g/mol. The lowest BCUT2D eigenvalue weighted by Gasteiger charge is -2.21. The first-order chi connectivity index (χ1) is 11.8. The Morgan fingerprint density at radius 1 is 1.29 bits per heavy atom. The Bertz CT molecular complexity index is 479. The summed E-state index contributed by atoms with van der Waals surface area (Å²) in [5.74, 6) is 1.60. The molecule has 0 radical (unpaired) electrons. The van der Waals surface area contributed by atoms with Crippen LogP contribution in [0.4, 0.5) is 0 Å². The zero-order chi connectivity index (χ0) is 17.0.